The van der Waals surface area contributed by atoms with Crippen LogP contribution in [0.15, 0.2) is 12.1 Å². The summed E-state index contributed by atoms with van der Waals surface area (Å²) >= 11 is 0. The molecular formula is C22H34O2. The van der Waals surface area contributed by atoms with E-state index in [0.29, 0.717) is 5.92 Å². The summed E-state index contributed by atoms with van der Waals surface area (Å²) < 4.78 is 12.5. The number of fused-ring (bicyclic) bond motifs is 1. The lowest BCUT2D eigenvalue weighted by Crippen LogP contribution is -2.44. The largest absolute Gasteiger partial charge is 0.345 e. The van der Waals surface area contributed by atoms with Gasteiger partial charge in [-0.25, -0.2) is 0 Å². The van der Waals surface area contributed by atoms with Crippen molar-refractivity contribution in [1.29, 1.82) is 0 Å². The number of hydrogen-bond acceptors (Lipinski definition) is 2. The first-order chi connectivity index (χ1) is 10.8. The van der Waals surface area contributed by atoms with Crippen molar-refractivity contribution in [2.45, 2.75) is 78.9 Å². The van der Waals surface area contributed by atoms with Crippen LogP contribution in [0.25, 0.3) is 0 Å². The Balaban J connectivity index is 2.09. The topological polar surface area (TPSA) is 18.5 Å². The number of hydrogen-bond donors (Lipinski definition) is 0. The molecule has 2 heteroatoms. The molecule has 24 heavy (non-hydrogen) atoms. The highest BCUT2D eigenvalue weighted by molar-refractivity contribution is 5.51. The van der Waals surface area contributed by atoms with Gasteiger partial charge in [-0.15, -0.1) is 0 Å². The highest BCUT2D eigenvalue weighted by atomic mass is 16.7. The molecule has 1 aromatic carbocycles. The normalized spacial score (nSPS) is 29.3. The van der Waals surface area contributed by atoms with Crippen molar-refractivity contribution in [2.24, 2.45) is 11.3 Å². The quantitative estimate of drug-likeness (QED) is 0.682. The van der Waals surface area contributed by atoms with E-state index in [0.717, 1.165) is 13.2 Å². The molecule has 1 saturated heterocycles. The third-order valence-corrected chi connectivity index (χ3v) is 6.88. The van der Waals surface area contributed by atoms with Gasteiger partial charge in [0.25, 0.3) is 0 Å². The maximum Gasteiger partial charge on any atom is 0.192 e. The van der Waals surface area contributed by atoms with Gasteiger partial charge >= 0.3 is 0 Å². The summed E-state index contributed by atoms with van der Waals surface area (Å²) in [6.45, 7) is 22.0. The van der Waals surface area contributed by atoms with E-state index >= 15 is 0 Å². The molecule has 0 N–H and O–H groups in total. The molecule has 1 fully saturated rings. The Bertz CT molecular complexity index is 657. The summed E-state index contributed by atoms with van der Waals surface area (Å²) in [7, 11) is 0. The maximum absolute atomic E-state index is 6.23. The molecular weight excluding hydrogens is 296 g/mol. The first kappa shape index (κ1) is 17.9. The van der Waals surface area contributed by atoms with Crippen LogP contribution in [0.5, 0.6) is 0 Å². The van der Waals surface area contributed by atoms with Gasteiger partial charge in [0.15, 0.2) is 5.79 Å². The third-order valence-electron chi connectivity index (χ3n) is 6.88. The molecule has 2 aliphatic rings. The van der Waals surface area contributed by atoms with Crippen LogP contribution in [0.1, 0.15) is 77.6 Å². The molecule has 1 heterocycles. The second-order valence-electron chi connectivity index (χ2n) is 10.1. The number of rotatable bonds is 1. The predicted molar refractivity (Wildman–Crippen MR) is 99.4 cm³/mol. The molecule has 0 radical (unpaired) electrons. The Morgan fingerprint density at radius 2 is 1.25 bits per heavy atom. The van der Waals surface area contributed by atoms with Gasteiger partial charge < -0.3 is 9.47 Å². The fourth-order valence-electron chi connectivity index (χ4n) is 4.54. The molecule has 1 aliphatic carbocycles. The average molecular weight is 331 g/mol. The Labute approximate surface area is 147 Å². The summed E-state index contributed by atoms with van der Waals surface area (Å²) in [6.07, 6.45) is 0. The van der Waals surface area contributed by atoms with Gasteiger partial charge in [-0.2, -0.15) is 0 Å². The van der Waals surface area contributed by atoms with E-state index < -0.39 is 5.79 Å². The van der Waals surface area contributed by atoms with Crippen LogP contribution in [0, 0.1) is 18.3 Å². The first-order valence-electron chi connectivity index (χ1n) is 9.25. The van der Waals surface area contributed by atoms with E-state index in [-0.39, 0.29) is 16.2 Å². The second kappa shape index (κ2) is 5.08. The minimum atomic E-state index is -0.638. The Hall–Kier alpha value is -0.860. The van der Waals surface area contributed by atoms with E-state index in [9.17, 15) is 0 Å². The average Bonchev–Trinajstić information content (AvgIpc) is 2.60. The summed E-state index contributed by atoms with van der Waals surface area (Å²) in [5, 5.41) is 0. The molecule has 0 bridgehead atoms. The predicted octanol–water partition coefficient (Wildman–Crippen LogP) is 5.45. The molecule has 2 nitrogen and oxygen atoms in total. The van der Waals surface area contributed by atoms with Gasteiger partial charge in [0.1, 0.15) is 0 Å². The fourth-order valence-corrected chi connectivity index (χ4v) is 4.54. The van der Waals surface area contributed by atoms with Gasteiger partial charge in [-0.1, -0.05) is 54.5 Å². The molecule has 1 atom stereocenters. The number of benzene rings is 1. The molecule has 0 spiro atoms. The third kappa shape index (κ3) is 2.45. The van der Waals surface area contributed by atoms with Crippen LogP contribution in [-0.4, -0.2) is 13.2 Å². The summed E-state index contributed by atoms with van der Waals surface area (Å²) in [5.74, 6) is -0.0460. The van der Waals surface area contributed by atoms with Crippen LogP contribution >= 0.6 is 0 Å². The standard InChI is InChI=1S/C22H34O2/c1-14-10-17-18(21(7,8)15(2)20(17,5)6)11-16(14)22(9)23-12-19(3,4)13-24-22/h10-11,15H,12-13H2,1-9H3/t15-/m1/s1. The van der Waals surface area contributed by atoms with E-state index in [1.165, 1.54) is 22.3 Å². The zero-order valence-corrected chi connectivity index (χ0v) is 17.0. The number of ether oxygens (including phenoxy) is 2. The van der Waals surface area contributed by atoms with Crippen molar-refractivity contribution in [3.63, 3.8) is 0 Å². The van der Waals surface area contributed by atoms with Crippen LogP contribution in [-0.2, 0) is 26.1 Å². The summed E-state index contributed by atoms with van der Waals surface area (Å²) in [6, 6.07) is 4.75. The lowest BCUT2D eigenvalue weighted by Gasteiger charge is -2.42. The number of aryl methyl sites for hydroxylation is 1. The van der Waals surface area contributed by atoms with Crippen molar-refractivity contribution in [3.05, 3.63) is 34.4 Å². The molecule has 0 unspecified atom stereocenters. The Morgan fingerprint density at radius 1 is 0.792 bits per heavy atom. The van der Waals surface area contributed by atoms with Crippen molar-refractivity contribution in [2.75, 3.05) is 13.2 Å². The summed E-state index contributed by atoms with van der Waals surface area (Å²) in [4.78, 5) is 0. The zero-order valence-electron chi connectivity index (χ0n) is 17.0. The van der Waals surface area contributed by atoms with Crippen molar-refractivity contribution in [3.8, 4) is 0 Å². The maximum atomic E-state index is 6.23. The van der Waals surface area contributed by atoms with Crippen LogP contribution in [0.4, 0.5) is 0 Å². The van der Waals surface area contributed by atoms with Crippen LogP contribution < -0.4 is 0 Å². The Kier molecular flexibility index (Phi) is 3.80. The molecule has 1 aromatic rings. The van der Waals surface area contributed by atoms with Crippen molar-refractivity contribution >= 4 is 0 Å². The first-order valence-corrected chi connectivity index (χ1v) is 9.25. The van der Waals surface area contributed by atoms with Gasteiger partial charge in [0.2, 0.25) is 0 Å². The summed E-state index contributed by atoms with van der Waals surface area (Å²) in [5.41, 5.74) is 5.84. The van der Waals surface area contributed by atoms with Gasteiger partial charge in [0, 0.05) is 11.0 Å². The molecule has 3 rings (SSSR count). The van der Waals surface area contributed by atoms with Gasteiger partial charge in [0.05, 0.1) is 13.2 Å². The highest BCUT2D eigenvalue weighted by Crippen LogP contribution is 2.55. The van der Waals surface area contributed by atoms with E-state index in [4.69, 9.17) is 9.47 Å². The lowest BCUT2D eigenvalue weighted by molar-refractivity contribution is -0.298. The van der Waals surface area contributed by atoms with Crippen LogP contribution in [0.2, 0.25) is 0 Å². The molecule has 134 valence electrons. The Morgan fingerprint density at radius 3 is 1.75 bits per heavy atom. The van der Waals surface area contributed by atoms with Crippen molar-refractivity contribution < 1.29 is 9.47 Å². The smallest absolute Gasteiger partial charge is 0.192 e. The molecule has 0 amide bonds. The van der Waals surface area contributed by atoms with E-state index in [2.05, 4.69) is 74.4 Å². The molecule has 0 aromatic heterocycles. The second-order valence-corrected chi connectivity index (χ2v) is 10.1. The lowest BCUT2D eigenvalue weighted by atomic mass is 9.71. The van der Waals surface area contributed by atoms with E-state index in [1.807, 2.05) is 0 Å². The monoisotopic (exact) mass is 330 g/mol. The van der Waals surface area contributed by atoms with Gasteiger partial charge in [-0.05, 0) is 53.4 Å². The zero-order chi connectivity index (χ0) is 18.1. The highest BCUT2D eigenvalue weighted by Gasteiger charge is 2.50. The molecule has 1 aliphatic heterocycles. The van der Waals surface area contributed by atoms with Gasteiger partial charge in [-0.3, -0.25) is 0 Å². The molecule has 0 saturated carbocycles. The SMILES string of the molecule is Cc1cc2c(cc1C1(C)OCC(C)(C)CO1)C(C)(C)[C@H](C)C2(C)C. The minimum absolute atomic E-state index is 0.0833. The van der Waals surface area contributed by atoms with Crippen LogP contribution in [0.3, 0.4) is 0 Å². The minimum Gasteiger partial charge on any atom is -0.345 e. The fraction of sp³-hybridized carbons (Fsp3) is 0.727. The van der Waals surface area contributed by atoms with Crippen molar-refractivity contribution in [1.82, 2.24) is 0 Å². The van der Waals surface area contributed by atoms with E-state index in [1.54, 1.807) is 0 Å².